The zero-order valence-electron chi connectivity index (χ0n) is 23.4. The zero-order valence-corrected chi connectivity index (χ0v) is 23.4. The molecule has 0 saturated carbocycles. The quantitative estimate of drug-likeness (QED) is 0.383. The van der Waals surface area contributed by atoms with Crippen LogP contribution in [0.1, 0.15) is 47.1 Å². The molecular formula is C28H37N3O8. The molecule has 1 N–H and O–H groups in total. The van der Waals surface area contributed by atoms with Crippen LogP contribution in [0.5, 0.6) is 11.5 Å². The van der Waals surface area contributed by atoms with Crippen LogP contribution in [0.3, 0.4) is 0 Å². The molecule has 0 bridgehead atoms. The van der Waals surface area contributed by atoms with E-state index in [4.69, 9.17) is 23.8 Å². The topological polar surface area (TPSA) is 116 Å². The van der Waals surface area contributed by atoms with E-state index in [0.717, 1.165) is 15.6 Å². The minimum atomic E-state index is -1.18. The van der Waals surface area contributed by atoms with E-state index in [2.05, 4.69) is 5.43 Å². The molecule has 11 heteroatoms. The summed E-state index contributed by atoms with van der Waals surface area (Å²) in [6.45, 7) is 10.2. The maximum atomic E-state index is 13.4. The van der Waals surface area contributed by atoms with Crippen LogP contribution < -0.4 is 14.9 Å². The monoisotopic (exact) mass is 543 g/mol. The first-order valence-corrected chi connectivity index (χ1v) is 12.6. The van der Waals surface area contributed by atoms with Crippen molar-refractivity contribution in [3.05, 3.63) is 60.2 Å². The Morgan fingerprint density at radius 1 is 0.897 bits per heavy atom. The van der Waals surface area contributed by atoms with Gasteiger partial charge in [0, 0.05) is 0 Å². The molecule has 1 saturated heterocycles. The van der Waals surface area contributed by atoms with Crippen molar-refractivity contribution in [3.63, 3.8) is 0 Å². The lowest BCUT2D eigenvalue weighted by molar-refractivity contribution is -0.254. The molecule has 1 fully saturated rings. The molecule has 39 heavy (non-hydrogen) atoms. The molecule has 0 radical (unpaired) electrons. The first kappa shape index (κ1) is 29.6. The number of nitrogens with one attached hydrogen (secondary N) is 1. The number of amides is 3. The molecule has 0 aliphatic carbocycles. The van der Waals surface area contributed by atoms with Crippen molar-refractivity contribution in [3.8, 4) is 11.5 Å². The van der Waals surface area contributed by atoms with Crippen molar-refractivity contribution in [2.24, 2.45) is 0 Å². The lowest BCUT2D eigenvalue weighted by Gasteiger charge is -2.48. The van der Waals surface area contributed by atoms with E-state index in [1.165, 1.54) is 0 Å². The highest BCUT2D eigenvalue weighted by Crippen LogP contribution is 2.29. The fourth-order valence-electron chi connectivity index (χ4n) is 3.62. The second-order valence-electron chi connectivity index (χ2n) is 10.9. The van der Waals surface area contributed by atoms with Gasteiger partial charge in [0.1, 0.15) is 42.0 Å². The van der Waals surface area contributed by atoms with E-state index in [1.54, 1.807) is 72.9 Å². The Morgan fingerprint density at radius 2 is 1.49 bits per heavy atom. The average molecular weight is 544 g/mol. The Labute approximate surface area is 228 Å². The second kappa shape index (κ2) is 12.2. The van der Waals surface area contributed by atoms with Gasteiger partial charge >= 0.3 is 12.2 Å². The molecule has 3 rings (SSSR count). The van der Waals surface area contributed by atoms with E-state index in [0.29, 0.717) is 11.5 Å². The molecule has 3 amide bonds. The molecule has 0 spiro atoms. The minimum absolute atomic E-state index is 0.0488. The molecule has 1 aliphatic heterocycles. The molecule has 1 aliphatic rings. The van der Waals surface area contributed by atoms with Crippen molar-refractivity contribution in [2.75, 3.05) is 13.7 Å². The summed E-state index contributed by atoms with van der Waals surface area (Å²) >= 11 is 0. The maximum absolute atomic E-state index is 13.4. The van der Waals surface area contributed by atoms with E-state index in [-0.39, 0.29) is 13.2 Å². The zero-order chi connectivity index (χ0) is 28.8. The smallest absolute Gasteiger partial charge is 0.430 e. The number of hydroxylamine groups is 2. The van der Waals surface area contributed by atoms with Gasteiger partial charge in [-0.05, 0) is 71.4 Å². The summed E-state index contributed by atoms with van der Waals surface area (Å²) in [5, 5.41) is 1.99. The predicted octanol–water partition coefficient (Wildman–Crippen LogP) is 4.46. The number of hydrogen-bond acceptors (Lipinski definition) is 8. The van der Waals surface area contributed by atoms with Crippen LogP contribution in [0.25, 0.3) is 0 Å². The molecule has 1 heterocycles. The second-order valence-corrected chi connectivity index (χ2v) is 10.9. The van der Waals surface area contributed by atoms with Crippen LogP contribution in [-0.4, -0.2) is 65.2 Å². The number of benzene rings is 2. The van der Waals surface area contributed by atoms with Gasteiger partial charge in [0.2, 0.25) is 0 Å². The van der Waals surface area contributed by atoms with Crippen molar-refractivity contribution in [1.29, 1.82) is 0 Å². The standard InChI is InChI=1S/C28H37N3O8/c1-27(2,3)38-25(33)29-30(26(34)39-28(4,5)6)23-22(18-36-21-15-13-20(35-7)14-16-21)31(24(23)32)37-17-19-11-9-8-10-12-19/h8-16,22-23H,17-18H2,1-7H3,(H,29,33)/t22-,23+/m1/s1. The fraction of sp³-hybridized carbons (Fsp3) is 0.464. The van der Waals surface area contributed by atoms with Crippen LogP contribution in [0.15, 0.2) is 54.6 Å². The third kappa shape index (κ3) is 8.51. The van der Waals surface area contributed by atoms with E-state index < -0.39 is 41.4 Å². The van der Waals surface area contributed by atoms with Gasteiger partial charge in [-0.15, -0.1) is 0 Å². The molecule has 0 aromatic heterocycles. The van der Waals surface area contributed by atoms with E-state index >= 15 is 0 Å². The SMILES string of the molecule is COc1ccc(OC[C@@H]2[C@H](N(NC(=O)OC(C)(C)C)C(=O)OC(C)(C)C)C(=O)N2OCc2ccccc2)cc1. The van der Waals surface area contributed by atoms with Gasteiger partial charge in [0.25, 0.3) is 5.91 Å². The minimum Gasteiger partial charge on any atom is -0.497 e. The summed E-state index contributed by atoms with van der Waals surface area (Å²) in [5.74, 6) is 0.613. The lowest BCUT2D eigenvalue weighted by atomic mass is 9.98. The fourth-order valence-corrected chi connectivity index (χ4v) is 3.62. The summed E-state index contributed by atoms with van der Waals surface area (Å²) in [6, 6.07) is 14.3. The normalized spacial score (nSPS) is 17.1. The molecule has 11 nitrogen and oxygen atoms in total. The van der Waals surface area contributed by atoms with Gasteiger partial charge < -0.3 is 18.9 Å². The summed E-state index contributed by atoms with van der Waals surface area (Å²) in [4.78, 5) is 45.0. The molecule has 2 aromatic rings. The summed E-state index contributed by atoms with van der Waals surface area (Å²) in [5.41, 5.74) is 1.50. The number of carbonyl (C=O) groups is 3. The summed E-state index contributed by atoms with van der Waals surface area (Å²) in [6.07, 6.45) is -1.84. The summed E-state index contributed by atoms with van der Waals surface area (Å²) in [7, 11) is 1.56. The number of methoxy groups -OCH3 is 1. The Morgan fingerprint density at radius 3 is 2.05 bits per heavy atom. The van der Waals surface area contributed by atoms with Gasteiger partial charge in [0.15, 0.2) is 6.04 Å². The van der Waals surface area contributed by atoms with Gasteiger partial charge in [-0.3, -0.25) is 9.63 Å². The average Bonchev–Trinajstić information content (AvgIpc) is 2.84. The highest BCUT2D eigenvalue weighted by molar-refractivity contribution is 5.92. The van der Waals surface area contributed by atoms with Gasteiger partial charge in [-0.1, -0.05) is 30.3 Å². The number of nitrogens with zero attached hydrogens (tertiary/aromatic N) is 2. The van der Waals surface area contributed by atoms with Crippen molar-refractivity contribution >= 4 is 18.1 Å². The maximum Gasteiger partial charge on any atom is 0.430 e. The number of rotatable bonds is 8. The molecule has 2 atom stereocenters. The molecule has 0 unspecified atom stereocenters. The van der Waals surface area contributed by atoms with Crippen LogP contribution in [0, 0.1) is 0 Å². The third-order valence-electron chi connectivity index (χ3n) is 5.31. The predicted molar refractivity (Wildman–Crippen MR) is 142 cm³/mol. The van der Waals surface area contributed by atoms with Crippen molar-refractivity contribution < 1.29 is 38.2 Å². The number of hydrogen-bond donors (Lipinski definition) is 1. The van der Waals surface area contributed by atoms with E-state index in [9.17, 15) is 14.4 Å². The highest BCUT2D eigenvalue weighted by Gasteiger charge is 2.55. The van der Waals surface area contributed by atoms with Gasteiger partial charge in [0.05, 0.1) is 7.11 Å². The van der Waals surface area contributed by atoms with Crippen LogP contribution in [0.2, 0.25) is 0 Å². The Bertz CT molecular complexity index is 1130. The summed E-state index contributed by atoms with van der Waals surface area (Å²) < 4.78 is 21.9. The largest absolute Gasteiger partial charge is 0.497 e. The van der Waals surface area contributed by atoms with Gasteiger partial charge in [-0.25, -0.2) is 25.1 Å². The Kier molecular flexibility index (Phi) is 9.28. The molecule has 212 valence electrons. The molecular weight excluding hydrogens is 506 g/mol. The number of hydrazine groups is 1. The first-order chi connectivity index (χ1) is 18.3. The Balaban J connectivity index is 1.85. The highest BCUT2D eigenvalue weighted by atomic mass is 16.7. The van der Waals surface area contributed by atoms with Gasteiger partial charge in [-0.2, -0.15) is 0 Å². The third-order valence-corrected chi connectivity index (χ3v) is 5.31. The van der Waals surface area contributed by atoms with Crippen LogP contribution in [0.4, 0.5) is 9.59 Å². The number of β-lactam (4-membered cyclic amide) rings is 1. The number of carbonyl (C=O) groups excluding carboxylic acids is 3. The first-order valence-electron chi connectivity index (χ1n) is 12.6. The van der Waals surface area contributed by atoms with Crippen molar-refractivity contribution in [1.82, 2.24) is 15.5 Å². The number of ether oxygens (including phenoxy) is 4. The van der Waals surface area contributed by atoms with Crippen LogP contribution in [-0.2, 0) is 25.7 Å². The Hall–Kier alpha value is -3.99. The molecule has 2 aromatic carbocycles. The van der Waals surface area contributed by atoms with Crippen molar-refractivity contribution in [2.45, 2.75) is 71.4 Å². The van der Waals surface area contributed by atoms with Crippen LogP contribution >= 0.6 is 0 Å². The van der Waals surface area contributed by atoms with E-state index in [1.807, 2.05) is 30.3 Å². The lowest BCUT2D eigenvalue weighted by Crippen LogP contribution is -2.75.